The van der Waals surface area contributed by atoms with Crippen molar-refractivity contribution < 1.29 is 4.42 Å². The van der Waals surface area contributed by atoms with Crippen LogP contribution in [0.25, 0.3) is 10.6 Å². The number of benzene rings is 1. The molecule has 2 aromatic heterocycles. The Morgan fingerprint density at radius 2 is 2.00 bits per heavy atom. The van der Waals surface area contributed by atoms with Crippen molar-refractivity contribution in [3.8, 4) is 10.6 Å². The second-order valence-electron chi connectivity index (χ2n) is 4.34. The van der Waals surface area contributed by atoms with Gasteiger partial charge in [-0.1, -0.05) is 36.4 Å². The van der Waals surface area contributed by atoms with Crippen LogP contribution < -0.4 is 5.73 Å². The van der Waals surface area contributed by atoms with Gasteiger partial charge in [-0.3, -0.25) is 0 Å². The number of nitrogens with two attached hydrogens (primary N) is 1. The van der Waals surface area contributed by atoms with Crippen molar-refractivity contribution in [3.05, 3.63) is 65.5 Å². The van der Waals surface area contributed by atoms with E-state index in [1.54, 1.807) is 17.5 Å². The fourth-order valence-corrected chi connectivity index (χ4v) is 2.62. The summed E-state index contributed by atoms with van der Waals surface area (Å²) in [4.78, 5) is 5.36. The van der Waals surface area contributed by atoms with Crippen LogP contribution in [0.4, 0.5) is 0 Å². The molecule has 0 radical (unpaired) electrons. The van der Waals surface area contributed by atoms with Gasteiger partial charge in [0.2, 0.25) is 5.89 Å². The van der Waals surface area contributed by atoms with Crippen LogP contribution in [0.1, 0.15) is 17.5 Å². The molecule has 1 atom stereocenters. The summed E-state index contributed by atoms with van der Waals surface area (Å²) < 4.78 is 5.74. The predicted molar refractivity (Wildman–Crippen MR) is 76.9 cm³/mol. The van der Waals surface area contributed by atoms with Crippen molar-refractivity contribution in [2.45, 2.75) is 12.5 Å². The highest BCUT2D eigenvalue weighted by Gasteiger charge is 2.14. The van der Waals surface area contributed by atoms with Crippen LogP contribution in [0, 0.1) is 0 Å². The normalized spacial score (nSPS) is 12.5. The molecule has 0 saturated carbocycles. The smallest absolute Gasteiger partial charge is 0.212 e. The van der Waals surface area contributed by atoms with E-state index < -0.39 is 0 Å². The molecule has 0 spiro atoms. The van der Waals surface area contributed by atoms with Gasteiger partial charge in [0, 0.05) is 0 Å². The molecule has 0 fully saturated rings. The zero-order valence-corrected chi connectivity index (χ0v) is 11.1. The second kappa shape index (κ2) is 5.38. The van der Waals surface area contributed by atoms with Crippen molar-refractivity contribution in [3.63, 3.8) is 0 Å². The molecule has 1 aromatic carbocycles. The molecule has 0 aliphatic rings. The van der Waals surface area contributed by atoms with Crippen LogP contribution in [0.3, 0.4) is 0 Å². The first kappa shape index (κ1) is 12.1. The zero-order valence-electron chi connectivity index (χ0n) is 10.3. The minimum Gasteiger partial charge on any atom is -0.438 e. The van der Waals surface area contributed by atoms with Crippen LogP contribution >= 0.6 is 11.3 Å². The Bertz CT molecular complexity index is 631. The summed E-state index contributed by atoms with van der Waals surface area (Å²) in [6, 6.07) is 13.9. The Hall–Kier alpha value is -1.91. The predicted octanol–water partition coefficient (Wildman–Crippen LogP) is 3.65. The minimum atomic E-state index is -0.212. The van der Waals surface area contributed by atoms with Crippen LogP contribution in [0.2, 0.25) is 0 Å². The van der Waals surface area contributed by atoms with Gasteiger partial charge < -0.3 is 10.2 Å². The Morgan fingerprint density at radius 1 is 1.16 bits per heavy atom. The Labute approximate surface area is 115 Å². The Morgan fingerprint density at radius 3 is 2.74 bits per heavy atom. The molecule has 96 valence electrons. The molecule has 3 aromatic rings. The average molecular weight is 270 g/mol. The van der Waals surface area contributed by atoms with Gasteiger partial charge >= 0.3 is 0 Å². The van der Waals surface area contributed by atoms with Crippen molar-refractivity contribution in [2.75, 3.05) is 0 Å². The van der Waals surface area contributed by atoms with E-state index in [0.717, 1.165) is 17.1 Å². The molecule has 19 heavy (non-hydrogen) atoms. The number of rotatable bonds is 4. The van der Waals surface area contributed by atoms with E-state index in [9.17, 15) is 0 Å². The summed E-state index contributed by atoms with van der Waals surface area (Å²) in [5, 5.41) is 2.02. The Balaban J connectivity index is 1.76. The van der Waals surface area contributed by atoms with E-state index in [2.05, 4.69) is 17.1 Å². The van der Waals surface area contributed by atoms with Gasteiger partial charge in [-0.05, 0) is 23.4 Å². The monoisotopic (exact) mass is 270 g/mol. The van der Waals surface area contributed by atoms with Gasteiger partial charge in [0.15, 0.2) is 5.76 Å². The molecule has 0 aliphatic carbocycles. The van der Waals surface area contributed by atoms with Crippen molar-refractivity contribution >= 4 is 11.3 Å². The van der Waals surface area contributed by atoms with Crippen molar-refractivity contribution in [1.82, 2.24) is 4.98 Å². The van der Waals surface area contributed by atoms with Crippen molar-refractivity contribution in [1.29, 1.82) is 0 Å². The zero-order chi connectivity index (χ0) is 13.1. The lowest BCUT2D eigenvalue weighted by Crippen LogP contribution is -2.13. The summed E-state index contributed by atoms with van der Waals surface area (Å²) in [6.45, 7) is 0. The first-order valence-corrected chi connectivity index (χ1v) is 7.00. The average Bonchev–Trinajstić information content (AvgIpc) is 3.11. The number of aromatic nitrogens is 1. The third-order valence-electron chi connectivity index (χ3n) is 2.90. The maximum Gasteiger partial charge on any atom is 0.212 e. The highest BCUT2D eigenvalue weighted by Crippen LogP contribution is 2.27. The van der Waals surface area contributed by atoms with Gasteiger partial charge in [0.05, 0.1) is 17.1 Å². The van der Waals surface area contributed by atoms with E-state index in [-0.39, 0.29) is 6.04 Å². The van der Waals surface area contributed by atoms with Crippen LogP contribution in [0.15, 0.2) is 58.5 Å². The molecule has 2 heterocycles. The maximum atomic E-state index is 6.14. The summed E-state index contributed by atoms with van der Waals surface area (Å²) in [6.07, 6.45) is 2.47. The number of hydrogen-bond acceptors (Lipinski definition) is 4. The quantitative estimate of drug-likeness (QED) is 0.787. The molecular formula is C15H14N2OS. The molecule has 3 nitrogen and oxygen atoms in total. The molecule has 0 aliphatic heterocycles. The molecular weight excluding hydrogens is 256 g/mol. The number of nitrogens with zero attached hydrogens (tertiary/aromatic N) is 1. The summed E-state index contributed by atoms with van der Waals surface area (Å²) in [5.74, 6) is 1.38. The molecule has 2 N–H and O–H groups in total. The van der Waals surface area contributed by atoms with Gasteiger partial charge in [0.1, 0.15) is 0 Å². The lowest BCUT2D eigenvalue weighted by atomic mass is 10.1. The molecule has 4 heteroatoms. The van der Waals surface area contributed by atoms with Gasteiger partial charge in [0.25, 0.3) is 0 Å². The lowest BCUT2D eigenvalue weighted by Gasteiger charge is -2.07. The number of hydrogen-bond donors (Lipinski definition) is 1. The van der Waals surface area contributed by atoms with E-state index in [4.69, 9.17) is 10.2 Å². The second-order valence-corrected chi connectivity index (χ2v) is 5.28. The minimum absolute atomic E-state index is 0.212. The SMILES string of the molecule is NC(Cc1ccccc1)c1ncc(-c2cccs2)o1. The first-order valence-electron chi connectivity index (χ1n) is 6.12. The summed E-state index contributed by atoms with van der Waals surface area (Å²) >= 11 is 1.63. The fraction of sp³-hybridized carbons (Fsp3) is 0.133. The molecule has 0 bridgehead atoms. The molecule has 0 amide bonds. The van der Waals surface area contributed by atoms with E-state index in [1.165, 1.54) is 5.56 Å². The highest BCUT2D eigenvalue weighted by atomic mass is 32.1. The van der Waals surface area contributed by atoms with Crippen LogP contribution in [0.5, 0.6) is 0 Å². The van der Waals surface area contributed by atoms with Gasteiger partial charge in [-0.15, -0.1) is 11.3 Å². The first-order chi connectivity index (χ1) is 9.33. The van der Waals surface area contributed by atoms with Crippen LogP contribution in [-0.4, -0.2) is 4.98 Å². The number of thiophene rings is 1. The molecule has 1 unspecified atom stereocenters. The number of oxazole rings is 1. The van der Waals surface area contributed by atoms with Gasteiger partial charge in [-0.25, -0.2) is 4.98 Å². The molecule has 3 rings (SSSR count). The third kappa shape index (κ3) is 2.75. The topological polar surface area (TPSA) is 52.0 Å². The van der Waals surface area contributed by atoms with E-state index in [1.807, 2.05) is 35.7 Å². The molecule has 0 saturated heterocycles. The Kier molecular flexibility index (Phi) is 3.44. The van der Waals surface area contributed by atoms with Crippen molar-refractivity contribution in [2.24, 2.45) is 5.73 Å². The van der Waals surface area contributed by atoms with E-state index >= 15 is 0 Å². The largest absolute Gasteiger partial charge is 0.438 e. The fourth-order valence-electron chi connectivity index (χ4n) is 1.95. The standard InChI is InChI=1S/C15H14N2OS/c16-12(9-11-5-2-1-3-6-11)15-17-10-13(18-15)14-7-4-8-19-14/h1-8,10,12H,9,16H2. The van der Waals surface area contributed by atoms with Gasteiger partial charge in [-0.2, -0.15) is 0 Å². The third-order valence-corrected chi connectivity index (χ3v) is 3.79. The lowest BCUT2D eigenvalue weighted by molar-refractivity contribution is 0.458. The van der Waals surface area contributed by atoms with Crippen LogP contribution in [-0.2, 0) is 6.42 Å². The maximum absolute atomic E-state index is 6.14. The van der Waals surface area contributed by atoms with E-state index in [0.29, 0.717) is 5.89 Å². The summed E-state index contributed by atoms with van der Waals surface area (Å²) in [5.41, 5.74) is 7.33. The summed E-state index contributed by atoms with van der Waals surface area (Å²) in [7, 11) is 0. The highest BCUT2D eigenvalue weighted by molar-refractivity contribution is 7.13.